The predicted molar refractivity (Wildman–Crippen MR) is 120 cm³/mol. The summed E-state index contributed by atoms with van der Waals surface area (Å²) in [7, 11) is -3.19. The highest BCUT2D eigenvalue weighted by molar-refractivity contribution is 7.91. The van der Waals surface area contributed by atoms with E-state index in [4.69, 9.17) is 0 Å². The summed E-state index contributed by atoms with van der Waals surface area (Å²) in [5.41, 5.74) is -0.265. The number of nitrogens with one attached hydrogen (secondary N) is 1. The first-order valence-electron chi connectivity index (χ1n) is 11.1. The van der Waals surface area contributed by atoms with Crippen LogP contribution in [-0.2, 0) is 25.0 Å². The summed E-state index contributed by atoms with van der Waals surface area (Å²) in [6, 6.07) is 5.75. The standard InChI is InChI=1S/C21H27N7O5S/c1-3-4-9-26(17-8-10-34(32,33)13-17)18(29)12-27-19(30)21(2,23-20(27)31)15-6-5-7-16(11-15)28-14-22-24-25-28/h5-7,11,14,17H,3-4,8-10,12-13H2,1-2H3,(H,23,31)/t17-,21+/m1/s1. The van der Waals surface area contributed by atoms with Gasteiger partial charge in [0.2, 0.25) is 5.91 Å². The van der Waals surface area contributed by atoms with Crippen molar-refractivity contribution in [3.8, 4) is 5.69 Å². The number of imide groups is 1. The van der Waals surface area contributed by atoms with Crippen LogP contribution in [0, 0.1) is 0 Å². The van der Waals surface area contributed by atoms with E-state index in [1.54, 1.807) is 31.2 Å². The van der Waals surface area contributed by atoms with Crippen molar-refractivity contribution in [1.29, 1.82) is 0 Å². The zero-order chi connectivity index (χ0) is 24.5. The molecule has 3 heterocycles. The number of urea groups is 1. The minimum absolute atomic E-state index is 0.0341. The van der Waals surface area contributed by atoms with Gasteiger partial charge in [-0.05, 0) is 47.9 Å². The molecule has 1 aromatic heterocycles. The molecule has 0 spiro atoms. The highest BCUT2D eigenvalue weighted by Gasteiger charge is 2.50. The number of rotatable bonds is 8. The van der Waals surface area contributed by atoms with E-state index in [1.165, 1.54) is 15.9 Å². The minimum Gasteiger partial charge on any atom is -0.337 e. The predicted octanol–water partition coefficient (Wildman–Crippen LogP) is 0.245. The molecule has 13 heteroatoms. The molecule has 4 amide bonds. The van der Waals surface area contributed by atoms with Crippen LogP contribution in [0.3, 0.4) is 0 Å². The molecule has 2 aromatic rings. The van der Waals surface area contributed by atoms with Crippen molar-refractivity contribution in [2.24, 2.45) is 0 Å². The summed E-state index contributed by atoms with van der Waals surface area (Å²) < 4.78 is 25.4. The Kier molecular flexibility index (Phi) is 6.39. The first-order valence-corrected chi connectivity index (χ1v) is 12.9. The Morgan fingerprint density at radius 1 is 1.32 bits per heavy atom. The normalized spacial score (nSPS) is 23.8. The van der Waals surface area contributed by atoms with Gasteiger partial charge in [0.25, 0.3) is 5.91 Å². The number of tetrazole rings is 1. The number of benzene rings is 1. The molecule has 1 N–H and O–H groups in total. The number of amides is 4. The van der Waals surface area contributed by atoms with Gasteiger partial charge in [-0.3, -0.25) is 14.5 Å². The number of aromatic nitrogens is 4. The molecular weight excluding hydrogens is 462 g/mol. The molecule has 1 aromatic carbocycles. The third-order valence-corrected chi connectivity index (χ3v) is 8.08. The Morgan fingerprint density at radius 2 is 2.12 bits per heavy atom. The zero-order valence-electron chi connectivity index (χ0n) is 19.0. The lowest BCUT2D eigenvalue weighted by molar-refractivity contribution is -0.140. The largest absolute Gasteiger partial charge is 0.337 e. The summed E-state index contributed by atoms with van der Waals surface area (Å²) in [5.74, 6) is -1.06. The molecule has 0 bridgehead atoms. The summed E-state index contributed by atoms with van der Waals surface area (Å²) in [4.78, 5) is 41.7. The Labute approximate surface area is 197 Å². The molecule has 0 aliphatic carbocycles. The van der Waals surface area contributed by atoms with Crippen molar-refractivity contribution in [2.45, 2.75) is 44.7 Å². The van der Waals surface area contributed by atoms with Crippen LogP contribution in [0.5, 0.6) is 0 Å². The Balaban J connectivity index is 1.54. The van der Waals surface area contributed by atoms with Crippen LogP contribution in [0.25, 0.3) is 5.69 Å². The number of hydrogen-bond donors (Lipinski definition) is 1. The van der Waals surface area contributed by atoms with E-state index in [0.717, 1.165) is 11.3 Å². The summed E-state index contributed by atoms with van der Waals surface area (Å²) >= 11 is 0. The van der Waals surface area contributed by atoms with Crippen LogP contribution < -0.4 is 5.32 Å². The van der Waals surface area contributed by atoms with Gasteiger partial charge in [-0.15, -0.1) is 5.10 Å². The third-order valence-electron chi connectivity index (χ3n) is 6.33. The van der Waals surface area contributed by atoms with Gasteiger partial charge in [-0.1, -0.05) is 25.5 Å². The highest BCUT2D eigenvalue weighted by Crippen LogP contribution is 2.30. The number of carbonyl (C=O) groups is 3. The molecule has 4 rings (SSSR count). The van der Waals surface area contributed by atoms with Crippen LogP contribution in [0.2, 0.25) is 0 Å². The van der Waals surface area contributed by atoms with Gasteiger partial charge in [-0.2, -0.15) is 0 Å². The quantitative estimate of drug-likeness (QED) is 0.519. The molecule has 34 heavy (non-hydrogen) atoms. The van der Waals surface area contributed by atoms with Crippen LogP contribution in [-0.4, -0.2) is 86.9 Å². The fraction of sp³-hybridized carbons (Fsp3) is 0.524. The minimum atomic E-state index is -3.19. The highest BCUT2D eigenvalue weighted by atomic mass is 32.2. The Morgan fingerprint density at radius 3 is 2.76 bits per heavy atom. The summed E-state index contributed by atoms with van der Waals surface area (Å²) in [5, 5.41) is 13.7. The van der Waals surface area contributed by atoms with Gasteiger partial charge in [-0.25, -0.2) is 17.9 Å². The molecule has 2 aliphatic heterocycles. The average molecular weight is 490 g/mol. The summed E-state index contributed by atoms with van der Waals surface area (Å²) in [6.07, 6.45) is 3.29. The number of carbonyl (C=O) groups excluding carboxylic acids is 3. The lowest BCUT2D eigenvalue weighted by atomic mass is 9.91. The first-order chi connectivity index (χ1) is 16.1. The van der Waals surface area contributed by atoms with Crippen LogP contribution in [0.1, 0.15) is 38.7 Å². The molecular formula is C21H27N7O5S. The van der Waals surface area contributed by atoms with Gasteiger partial charge in [0.1, 0.15) is 18.4 Å². The Bertz CT molecular complexity index is 1200. The molecule has 0 saturated carbocycles. The first kappa shape index (κ1) is 23.8. The van der Waals surface area contributed by atoms with E-state index in [-0.39, 0.29) is 11.5 Å². The molecule has 182 valence electrons. The molecule has 12 nitrogen and oxygen atoms in total. The molecule has 2 atom stereocenters. The molecule has 2 fully saturated rings. The van der Waals surface area contributed by atoms with Crippen molar-refractivity contribution < 1.29 is 22.8 Å². The van der Waals surface area contributed by atoms with E-state index in [0.29, 0.717) is 30.6 Å². The van der Waals surface area contributed by atoms with Crippen LogP contribution in [0.15, 0.2) is 30.6 Å². The van der Waals surface area contributed by atoms with Crippen molar-refractivity contribution in [3.05, 3.63) is 36.2 Å². The van der Waals surface area contributed by atoms with Gasteiger partial charge in [0.05, 0.1) is 17.2 Å². The third kappa shape index (κ3) is 4.52. The maximum absolute atomic E-state index is 13.4. The lowest BCUT2D eigenvalue weighted by Gasteiger charge is -2.30. The Hall–Kier alpha value is -3.35. The second kappa shape index (κ2) is 9.12. The zero-order valence-corrected chi connectivity index (χ0v) is 19.9. The fourth-order valence-electron chi connectivity index (χ4n) is 4.36. The number of hydrogen-bond acceptors (Lipinski definition) is 8. The van der Waals surface area contributed by atoms with E-state index in [9.17, 15) is 22.8 Å². The monoisotopic (exact) mass is 489 g/mol. The molecule has 2 aliphatic rings. The van der Waals surface area contributed by atoms with E-state index in [2.05, 4.69) is 20.8 Å². The number of nitrogens with zero attached hydrogens (tertiary/aromatic N) is 6. The van der Waals surface area contributed by atoms with Crippen LogP contribution >= 0.6 is 0 Å². The topological polar surface area (TPSA) is 147 Å². The maximum Gasteiger partial charge on any atom is 0.325 e. The molecule has 2 saturated heterocycles. The van der Waals surface area contributed by atoms with Crippen molar-refractivity contribution >= 4 is 27.7 Å². The average Bonchev–Trinajstić information content (AvgIpc) is 3.51. The van der Waals surface area contributed by atoms with Crippen molar-refractivity contribution in [1.82, 2.24) is 35.3 Å². The molecule has 0 radical (unpaired) electrons. The van der Waals surface area contributed by atoms with Crippen molar-refractivity contribution in [2.75, 3.05) is 24.6 Å². The van der Waals surface area contributed by atoms with E-state index >= 15 is 0 Å². The molecule has 0 unspecified atom stereocenters. The summed E-state index contributed by atoms with van der Waals surface area (Å²) in [6.45, 7) is 3.48. The second-order valence-corrected chi connectivity index (χ2v) is 11.0. The van der Waals surface area contributed by atoms with Gasteiger partial charge in [0.15, 0.2) is 9.84 Å². The second-order valence-electron chi connectivity index (χ2n) is 8.75. The smallest absolute Gasteiger partial charge is 0.325 e. The van der Waals surface area contributed by atoms with E-state index < -0.39 is 45.8 Å². The van der Waals surface area contributed by atoms with Gasteiger partial charge >= 0.3 is 6.03 Å². The SMILES string of the molecule is CCCCN(C(=O)CN1C(=O)N[C@@](C)(c2cccc(-n3cnnn3)c2)C1=O)[C@@H]1CCS(=O)(=O)C1. The van der Waals surface area contributed by atoms with Gasteiger partial charge in [0, 0.05) is 12.6 Å². The lowest BCUT2D eigenvalue weighted by Crippen LogP contribution is -2.48. The van der Waals surface area contributed by atoms with Gasteiger partial charge < -0.3 is 10.2 Å². The fourth-order valence-corrected chi connectivity index (χ4v) is 6.09. The maximum atomic E-state index is 13.4. The van der Waals surface area contributed by atoms with Crippen LogP contribution in [0.4, 0.5) is 4.79 Å². The number of unbranched alkanes of at least 4 members (excludes halogenated alkanes) is 1. The van der Waals surface area contributed by atoms with Crippen molar-refractivity contribution in [3.63, 3.8) is 0 Å². The number of sulfone groups is 1. The van der Waals surface area contributed by atoms with E-state index in [1.807, 2.05) is 6.92 Å².